The van der Waals surface area contributed by atoms with Crippen LogP contribution in [0.3, 0.4) is 0 Å². The lowest BCUT2D eigenvalue weighted by atomic mass is 10.0. The van der Waals surface area contributed by atoms with Gasteiger partial charge in [-0.3, -0.25) is 4.79 Å². The average Bonchev–Trinajstić information content (AvgIpc) is 3.30. The van der Waals surface area contributed by atoms with Gasteiger partial charge in [-0.05, 0) is 51.4 Å². The minimum absolute atomic E-state index is 0.0334. The van der Waals surface area contributed by atoms with Crippen LogP contribution in [0, 0.1) is 0 Å². The zero-order valence-electron chi connectivity index (χ0n) is 43.3. The van der Waals surface area contributed by atoms with Crippen molar-refractivity contribution in [3.63, 3.8) is 0 Å². The van der Waals surface area contributed by atoms with Crippen molar-refractivity contribution in [3.8, 4) is 0 Å². The van der Waals surface area contributed by atoms with E-state index in [2.05, 4.69) is 67.8 Å². The van der Waals surface area contributed by atoms with Crippen molar-refractivity contribution >= 4 is 5.91 Å². The summed E-state index contributed by atoms with van der Waals surface area (Å²) in [5, 5.41) is 23.4. The number of carbonyl (C=O) groups is 1. The molecule has 0 bridgehead atoms. The molecule has 0 heterocycles. The van der Waals surface area contributed by atoms with Gasteiger partial charge in [0.15, 0.2) is 0 Å². The Hall–Kier alpha value is -1.65. The fourth-order valence-corrected chi connectivity index (χ4v) is 9.00. The monoisotopic (exact) mass is 896 g/mol. The number of allylic oxidation sites excluding steroid dienone is 8. The molecule has 376 valence electrons. The second-order valence-electron chi connectivity index (χ2n) is 19.7. The molecule has 0 aromatic carbocycles. The van der Waals surface area contributed by atoms with E-state index in [4.69, 9.17) is 0 Å². The van der Waals surface area contributed by atoms with E-state index >= 15 is 0 Å². The van der Waals surface area contributed by atoms with Crippen LogP contribution < -0.4 is 5.32 Å². The van der Waals surface area contributed by atoms with Gasteiger partial charge in [0.25, 0.3) is 0 Å². The molecular formula is C60H113NO3. The Bertz CT molecular complexity index is 1020. The van der Waals surface area contributed by atoms with Crippen LogP contribution in [0.25, 0.3) is 0 Å². The summed E-state index contributed by atoms with van der Waals surface area (Å²) in [6.07, 6.45) is 76.8. The molecule has 0 saturated heterocycles. The maximum absolute atomic E-state index is 12.5. The number of rotatable bonds is 53. The third kappa shape index (κ3) is 51.3. The Morgan fingerprint density at radius 2 is 0.688 bits per heavy atom. The fraction of sp³-hybridized carbons (Fsp3) is 0.850. The molecule has 0 radical (unpaired) electrons. The van der Waals surface area contributed by atoms with Crippen LogP contribution in [-0.4, -0.2) is 34.9 Å². The number of carbonyl (C=O) groups excluding carboxylic acids is 1. The van der Waals surface area contributed by atoms with E-state index in [0.717, 1.165) is 51.4 Å². The van der Waals surface area contributed by atoms with Crippen LogP contribution in [0.5, 0.6) is 0 Å². The van der Waals surface area contributed by atoms with E-state index in [1.54, 1.807) is 0 Å². The number of aliphatic hydroxyl groups is 2. The first kappa shape index (κ1) is 62.4. The minimum Gasteiger partial charge on any atom is -0.394 e. The largest absolute Gasteiger partial charge is 0.394 e. The molecule has 0 spiro atoms. The summed E-state index contributed by atoms with van der Waals surface area (Å²) in [5.41, 5.74) is 0. The molecule has 0 rings (SSSR count). The van der Waals surface area contributed by atoms with Gasteiger partial charge in [-0.1, -0.05) is 300 Å². The number of hydrogen-bond donors (Lipinski definition) is 3. The molecule has 64 heavy (non-hydrogen) atoms. The predicted molar refractivity (Wildman–Crippen MR) is 285 cm³/mol. The second kappa shape index (κ2) is 55.7. The molecule has 0 aliphatic carbocycles. The quantitative estimate of drug-likeness (QED) is 0.0421. The molecule has 4 nitrogen and oxygen atoms in total. The zero-order chi connectivity index (χ0) is 46.3. The molecule has 0 aromatic heterocycles. The second-order valence-corrected chi connectivity index (χ2v) is 19.7. The Balaban J connectivity index is 3.44. The first-order chi connectivity index (χ1) is 31.7. The van der Waals surface area contributed by atoms with Crippen molar-refractivity contribution in [1.29, 1.82) is 0 Å². The Morgan fingerprint density at radius 3 is 1.03 bits per heavy atom. The summed E-state index contributed by atoms with van der Waals surface area (Å²) in [6, 6.07) is -0.541. The summed E-state index contributed by atoms with van der Waals surface area (Å²) in [5.74, 6) is -0.0334. The molecule has 4 heteroatoms. The Labute approximate surface area is 401 Å². The van der Waals surface area contributed by atoms with Crippen LogP contribution in [-0.2, 0) is 4.79 Å². The van der Waals surface area contributed by atoms with Crippen molar-refractivity contribution in [2.24, 2.45) is 0 Å². The third-order valence-corrected chi connectivity index (χ3v) is 13.4. The van der Waals surface area contributed by atoms with E-state index in [1.165, 1.54) is 231 Å². The first-order valence-electron chi connectivity index (χ1n) is 28.8. The molecule has 2 atom stereocenters. The van der Waals surface area contributed by atoms with Crippen molar-refractivity contribution < 1.29 is 15.0 Å². The van der Waals surface area contributed by atoms with Gasteiger partial charge in [0.1, 0.15) is 0 Å². The zero-order valence-corrected chi connectivity index (χ0v) is 43.3. The van der Waals surface area contributed by atoms with Gasteiger partial charge in [-0.15, -0.1) is 0 Å². The van der Waals surface area contributed by atoms with Gasteiger partial charge >= 0.3 is 0 Å². The predicted octanol–water partition coefficient (Wildman–Crippen LogP) is 19.0. The summed E-state index contributed by atoms with van der Waals surface area (Å²) >= 11 is 0. The van der Waals surface area contributed by atoms with E-state index in [9.17, 15) is 15.0 Å². The summed E-state index contributed by atoms with van der Waals surface area (Å²) in [6.45, 7) is 4.27. The van der Waals surface area contributed by atoms with Crippen LogP contribution in [0.2, 0.25) is 0 Å². The van der Waals surface area contributed by atoms with Gasteiger partial charge in [0.2, 0.25) is 5.91 Å². The highest BCUT2D eigenvalue weighted by molar-refractivity contribution is 5.76. The van der Waals surface area contributed by atoms with E-state index in [1.807, 2.05) is 0 Å². The minimum atomic E-state index is -0.664. The SMILES string of the molecule is CC/C=C\C/C=C\C/C=C\C/C=C\CCCCCCCCCCCCC(=O)NC(CO)C(O)CCCCCCCCCCCCCCCCCCCCCCCCCCCCCCC. The topological polar surface area (TPSA) is 69.6 Å². The standard InChI is InChI=1S/C60H113NO3/c1-3-5-7-9-11-13-15-17-19-21-23-25-27-28-29-30-31-32-34-35-37-39-41-43-45-47-49-51-53-55-59(63)58(57-62)61-60(64)56-54-52-50-48-46-44-42-40-38-36-33-26-24-22-20-18-16-14-12-10-8-6-4-2/h6,8,12,14,18,20,24,26,58-59,62-63H,3-5,7,9-11,13,15-17,19,21-23,25,27-57H2,1-2H3,(H,61,64)/b8-6-,14-12-,20-18-,26-24-. The van der Waals surface area contributed by atoms with Crippen molar-refractivity contribution in [2.45, 2.75) is 321 Å². The highest BCUT2D eigenvalue weighted by Crippen LogP contribution is 2.18. The van der Waals surface area contributed by atoms with E-state index in [0.29, 0.717) is 12.8 Å². The fourth-order valence-electron chi connectivity index (χ4n) is 9.00. The van der Waals surface area contributed by atoms with E-state index in [-0.39, 0.29) is 12.5 Å². The molecule has 1 amide bonds. The van der Waals surface area contributed by atoms with Gasteiger partial charge in [0, 0.05) is 6.42 Å². The normalized spacial score (nSPS) is 13.1. The number of unbranched alkanes of at least 4 members (excludes halogenated alkanes) is 38. The highest BCUT2D eigenvalue weighted by Gasteiger charge is 2.20. The molecule has 0 aliphatic heterocycles. The van der Waals surface area contributed by atoms with Gasteiger partial charge in [-0.2, -0.15) is 0 Å². The average molecular weight is 897 g/mol. The van der Waals surface area contributed by atoms with Crippen molar-refractivity contribution in [1.82, 2.24) is 5.32 Å². The van der Waals surface area contributed by atoms with Crippen LogP contribution in [0.1, 0.15) is 309 Å². The lowest BCUT2D eigenvalue weighted by Crippen LogP contribution is -2.45. The highest BCUT2D eigenvalue weighted by atomic mass is 16.3. The lowest BCUT2D eigenvalue weighted by molar-refractivity contribution is -0.123. The molecule has 0 aromatic rings. The Morgan fingerprint density at radius 1 is 0.391 bits per heavy atom. The number of amides is 1. The maximum Gasteiger partial charge on any atom is 0.220 e. The number of hydrogen-bond acceptors (Lipinski definition) is 3. The summed E-state index contributed by atoms with van der Waals surface area (Å²) in [7, 11) is 0. The van der Waals surface area contributed by atoms with Gasteiger partial charge in [-0.25, -0.2) is 0 Å². The summed E-state index contributed by atoms with van der Waals surface area (Å²) < 4.78 is 0. The van der Waals surface area contributed by atoms with Gasteiger partial charge < -0.3 is 15.5 Å². The molecule has 0 saturated carbocycles. The van der Waals surface area contributed by atoms with E-state index < -0.39 is 12.1 Å². The van der Waals surface area contributed by atoms with Crippen molar-refractivity contribution in [2.75, 3.05) is 6.61 Å². The van der Waals surface area contributed by atoms with Crippen molar-refractivity contribution in [3.05, 3.63) is 48.6 Å². The van der Waals surface area contributed by atoms with Crippen LogP contribution in [0.4, 0.5) is 0 Å². The number of nitrogens with one attached hydrogen (secondary N) is 1. The molecule has 0 fully saturated rings. The first-order valence-corrected chi connectivity index (χ1v) is 28.8. The molecule has 3 N–H and O–H groups in total. The molecular weight excluding hydrogens is 783 g/mol. The maximum atomic E-state index is 12.5. The third-order valence-electron chi connectivity index (χ3n) is 13.4. The van der Waals surface area contributed by atoms with Crippen LogP contribution in [0.15, 0.2) is 48.6 Å². The van der Waals surface area contributed by atoms with Crippen LogP contribution >= 0.6 is 0 Å². The number of aliphatic hydroxyl groups excluding tert-OH is 2. The lowest BCUT2D eigenvalue weighted by Gasteiger charge is -2.22. The Kier molecular flexibility index (Phi) is 54.2. The van der Waals surface area contributed by atoms with Gasteiger partial charge in [0.05, 0.1) is 18.8 Å². The smallest absolute Gasteiger partial charge is 0.220 e. The summed E-state index contributed by atoms with van der Waals surface area (Å²) in [4.78, 5) is 12.5. The molecule has 2 unspecified atom stereocenters. The molecule has 0 aliphatic rings.